The number of imidazole rings is 1. The maximum atomic E-state index is 13.1. The van der Waals surface area contributed by atoms with Crippen LogP contribution in [-0.2, 0) is 14.6 Å². The van der Waals surface area contributed by atoms with Crippen molar-refractivity contribution in [3.63, 3.8) is 0 Å². The van der Waals surface area contributed by atoms with Crippen LogP contribution in [0, 0.1) is 0 Å². The van der Waals surface area contributed by atoms with Crippen molar-refractivity contribution >= 4 is 38.5 Å². The van der Waals surface area contributed by atoms with Gasteiger partial charge in [-0.2, -0.15) is 0 Å². The number of hydrogen-bond donors (Lipinski definition) is 1. The number of carbonyl (C=O) groups excluding carboxylic acids is 1. The number of carbonyl (C=O) groups is 1. The van der Waals surface area contributed by atoms with Gasteiger partial charge in [0.05, 0.1) is 28.3 Å². The Hall–Kier alpha value is -1.54. The number of para-hydroxylation sites is 2. The van der Waals surface area contributed by atoms with Gasteiger partial charge in [0, 0.05) is 12.1 Å². The molecule has 1 aliphatic carbocycles. The van der Waals surface area contributed by atoms with Crippen molar-refractivity contribution < 1.29 is 13.2 Å². The molecular formula is C19H25N3O3S2. The molecule has 1 aliphatic heterocycles. The second-order valence-corrected chi connectivity index (χ2v) is 10.7. The lowest BCUT2D eigenvalue weighted by Gasteiger charge is -2.38. The standard InChI is InChI=1S/C19H25N3O3S2/c23-18(12-26-19-20-16-8-4-5-9-17(16)21-19)22(14-6-2-1-3-7-14)15-10-11-27(24,25)13-15/h4-5,8-9,14-15H,1-3,6-7,10-13H2,(H,20,21)/t15-/m1/s1. The average molecular weight is 408 g/mol. The molecule has 1 saturated carbocycles. The highest BCUT2D eigenvalue weighted by Crippen LogP contribution is 2.29. The van der Waals surface area contributed by atoms with Gasteiger partial charge in [-0.15, -0.1) is 0 Å². The zero-order valence-corrected chi connectivity index (χ0v) is 16.9. The molecule has 1 aromatic carbocycles. The fourth-order valence-electron chi connectivity index (χ4n) is 4.26. The highest BCUT2D eigenvalue weighted by molar-refractivity contribution is 7.99. The Morgan fingerprint density at radius 3 is 2.63 bits per heavy atom. The lowest BCUT2D eigenvalue weighted by Crippen LogP contribution is -2.49. The summed E-state index contributed by atoms with van der Waals surface area (Å²) in [4.78, 5) is 22.8. The Balaban J connectivity index is 1.47. The van der Waals surface area contributed by atoms with Gasteiger partial charge >= 0.3 is 0 Å². The first kappa shape index (κ1) is 18.8. The summed E-state index contributed by atoms with van der Waals surface area (Å²) < 4.78 is 23.9. The number of thioether (sulfide) groups is 1. The molecule has 1 N–H and O–H groups in total. The molecule has 1 atom stereocenters. The number of nitrogens with zero attached hydrogens (tertiary/aromatic N) is 2. The van der Waals surface area contributed by atoms with E-state index >= 15 is 0 Å². The van der Waals surface area contributed by atoms with Crippen molar-refractivity contribution in [3.05, 3.63) is 24.3 Å². The van der Waals surface area contributed by atoms with E-state index in [0.29, 0.717) is 6.42 Å². The summed E-state index contributed by atoms with van der Waals surface area (Å²) in [6.45, 7) is 0. The number of aromatic nitrogens is 2. The molecule has 8 heteroatoms. The van der Waals surface area contributed by atoms with Crippen molar-refractivity contribution in [2.24, 2.45) is 0 Å². The Morgan fingerprint density at radius 1 is 1.15 bits per heavy atom. The molecular weight excluding hydrogens is 382 g/mol. The zero-order valence-electron chi connectivity index (χ0n) is 15.3. The predicted octanol–water partition coefficient (Wildman–Crippen LogP) is 3.00. The summed E-state index contributed by atoms with van der Waals surface area (Å²) in [5.74, 6) is 0.636. The topological polar surface area (TPSA) is 83.1 Å². The summed E-state index contributed by atoms with van der Waals surface area (Å²) in [7, 11) is -3.02. The second kappa shape index (κ2) is 7.83. The number of sulfone groups is 1. The van der Waals surface area contributed by atoms with Crippen molar-refractivity contribution in [2.45, 2.75) is 55.8 Å². The van der Waals surface area contributed by atoms with Crippen LogP contribution in [0.3, 0.4) is 0 Å². The molecule has 0 unspecified atom stereocenters. The molecule has 6 nitrogen and oxygen atoms in total. The van der Waals surface area contributed by atoms with Crippen molar-refractivity contribution in [3.8, 4) is 0 Å². The van der Waals surface area contributed by atoms with Gasteiger partial charge < -0.3 is 9.88 Å². The van der Waals surface area contributed by atoms with Crippen LogP contribution in [0.15, 0.2) is 29.4 Å². The largest absolute Gasteiger partial charge is 0.335 e. The first-order valence-corrected chi connectivity index (χ1v) is 12.4. The normalized spacial score (nSPS) is 22.9. The maximum Gasteiger partial charge on any atom is 0.233 e. The van der Waals surface area contributed by atoms with Crippen LogP contribution in [0.4, 0.5) is 0 Å². The van der Waals surface area contributed by atoms with E-state index in [0.717, 1.165) is 41.9 Å². The number of aromatic amines is 1. The molecule has 1 amide bonds. The molecule has 2 aromatic rings. The SMILES string of the molecule is O=C(CSc1nc2ccccc2[nH]1)N(C1CCCCC1)[C@@H]1CCS(=O)(=O)C1. The Kier molecular flexibility index (Phi) is 5.45. The van der Waals surface area contributed by atoms with Crippen molar-refractivity contribution in [1.29, 1.82) is 0 Å². The first-order chi connectivity index (χ1) is 13.0. The Labute approximate surface area is 164 Å². The van der Waals surface area contributed by atoms with E-state index in [-0.39, 0.29) is 35.2 Å². The number of H-pyrrole nitrogens is 1. The Morgan fingerprint density at radius 2 is 1.93 bits per heavy atom. The highest BCUT2D eigenvalue weighted by Gasteiger charge is 2.38. The van der Waals surface area contributed by atoms with E-state index in [4.69, 9.17) is 0 Å². The molecule has 0 bridgehead atoms. The minimum Gasteiger partial charge on any atom is -0.335 e. The van der Waals surface area contributed by atoms with Crippen LogP contribution >= 0.6 is 11.8 Å². The van der Waals surface area contributed by atoms with Gasteiger partial charge in [-0.25, -0.2) is 13.4 Å². The van der Waals surface area contributed by atoms with E-state index < -0.39 is 9.84 Å². The van der Waals surface area contributed by atoms with Gasteiger partial charge in [0.1, 0.15) is 0 Å². The van der Waals surface area contributed by atoms with E-state index in [1.807, 2.05) is 29.2 Å². The summed E-state index contributed by atoms with van der Waals surface area (Å²) in [6.07, 6.45) is 5.97. The van der Waals surface area contributed by atoms with E-state index in [1.54, 1.807) is 0 Å². The van der Waals surface area contributed by atoms with Gasteiger partial charge in [0.2, 0.25) is 5.91 Å². The van der Waals surface area contributed by atoms with Gasteiger partial charge in [0.25, 0.3) is 0 Å². The first-order valence-electron chi connectivity index (χ1n) is 9.61. The van der Waals surface area contributed by atoms with Crippen LogP contribution in [0.25, 0.3) is 11.0 Å². The third-order valence-electron chi connectivity index (χ3n) is 5.56. The monoisotopic (exact) mass is 407 g/mol. The smallest absolute Gasteiger partial charge is 0.233 e. The molecule has 1 aromatic heterocycles. The van der Waals surface area contributed by atoms with Crippen LogP contribution in [0.1, 0.15) is 38.5 Å². The third kappa shape index (κ3) is 4.32. The molecule has 1 saturated heterocycles. The van der Waals surface area contributed by atoms with E-state index in [2.05, 4.69) is 9.97 Å². The fourth-order valence-corrected chi connectivity index (χ4v) is 6.73. The van der Waals surface area contributed by atoms with Gasteiger partial charge in [-0.1, -0.05) is 43.2 Å². The van der Waals surface area contributed by atoms with E-state index in [1.165, 1.54) is 18.2 Å². The molecule has 4 rings (SSSR count). The molecule has 2 heterocycles. The van der Waals surface area contributed by atoms with Crippen LogP contribution < -0.4 is 0 Å². The van der Waals surface area contributed by atoms with Crippen LogP contribution in [-0.4, -0.2) is 58.5 Å². The number of fused-ring (bicyclic) bond motifs is 1. The summed E-state index contributed by atoms with van der Waals surface area (Å²) in [5, 5.41) is 0.729. The zero-order chi connectivity index (χ0) is 18.9. The predicted molar refractivity (Wildman–Crippen MR) is 108 cm³/mol. The lowest BCUT2D eigenvalue weighted by atomic mass is 9.93. The average Bonchev–Trinajstić information content (AvgIpc) is 3.23. The Bertz CT molecular complexity index is 886. The fraction of sp³-hybridized carbons (Fsp3) is 0.579. The number of nitrogens with one attached hydrogen (secondary N) is 1. The van der Waals surface area contributed by atoms with Gasteiger partial charge in [-0.3, -0.25) is 4.79 Å². The molecule has 0 radical (unpaired) electrons. The quantitative estimate of drug-likeness (QED) is 0.771. The summed E-state index contributed by atoms with van der Waals surface area (Å²) >= 11 is 1.40. The highest BCUT2D eigenvalue weighted by atomic mass is 32.2. The number of rotatable bonds is 5. The van der Waals surface area contributed by atoms with Gasteiger partial charge in [-0.05, 0) is 31.4 Å². The van der Waals surface area contributed by atoms with Crippen LogP contribution in [0.2, 0.25) is 0 Å². The van der Waals surface area contributed by atoms with Crippen LogP contribution in [0.5, 0.6) is 0 Å². The number of amides is 1. The minimum absolute atomic E-state index is 0.0365. The third-order valence-corrected chi connectivity index (χ3v) is 8.17. The van der Waals surface area contributed by atoms with Gasteiger partial charge in [0.15, 0.2) is 15.0 Å². The summed E-state index contributed by atoms with van der Waals surface area (Å²) in [5.41, 5.74) is 1.84. The molecule has 2 fully saturated rings. The molecule has 146 valence electrons. The lowest BCUT2D eigenvalue weighted by molar-refractivity contribution is -0.133. The molecule has 2 aliphatic rings. The van der Waals surface area contributed by atoms with Crippen molar-refractivity contribution in [1.82, 2.24) is 14.9 Å². The maximum absolute atomic E-state index is 13.1. The number of hydrogen-bond acceptors (Lipinski definition) is 5. The van der Waals surface area contributed by atoms with E-state index in [9.17, 15) is 13.2 Å². The van der Waals surface area contributed by atoms with Crippen molar-refractivity contribution in [2.75, 3.05) is 17.3 Å². The molecule has 0 spiro atoms. The minimum atomic E-state index is -3.02. The summed E-state index contributed by atoms with van der Waals surface area (Å²) in [6, 6.07) is 7.81. The number of benzene rings is 1. The molecule has 27 heavy (non-hydrogen) atoms. The second-order valence-electron chi connectivity index (χ2n) is 7.50.